The third-order valence-electron chi connectivity index (χ3n) is 6.36. The summed E-state index contributed by atoms with van der Waals surface area (Å²) < 4.78 is 11.7. The summed E-state index contributed by atoms with van der Waals surface area (Å²) in [5, 5.41) is 0. The Hall–Kier alpha value is -2.10. The lowest BCUT2D eigenvalue weighted by Crippen LogP contribution is -2.39. The van der Waals surface area contributed by atoms with Gasteiger partial charge in [0.25, 0.3) is 0 Å². The van der Waals surface area contributed by atoms with Gasteiger partial charge in [-0.25, -0.2) is 0 Å². The van der Waals surface area contributed by atoms with E-state index in [1.807, 2.05) is 12.2 Å². The van der Waals surface area contributed by atoms with E-state index in [0.29, 0.717) is 12.8 Å². The van der Waals surface area contributed by atoms with Gasteiger partial charge in [-0.2, -0.15) is 0 Å². The van der Waals surface area contributed by atoms with Gasteiger partial charge in [0.15, 0.2) is 11.6 Å². The second-order valence-electron chi connectivity index (χ2n) is 10.2. The molecule has 0 unspecified atom stereocenters. The monoisotopic (exact) mass is 382 g/mol. The molecular formula is C24H30O4. The maximum atomic E-state index is 13.2. The van der Waals surface area contributed by atoms with Crippen LogP contribution in [0.3, 0.4) is 0 Å². The minimum absolute atomic E-state index is 0.114. The molecule has 4 rings (SSSR count). The largest absolute Gasteiger partial charge is 0.501 e. The second-order valence-corrected chi connectivity index (χ2v) is 10.2. The summed E-state index contributed by atoms with van der Waals surface area (Å²) in [6, 6.07) is 0. The lowest BCUT2D eigenvalue weighted by Gasteiger charge is -2.43. The third-order valence-corrected chi connectivity index (χ3v) is 6.36. The third kappa shape index (κ3) is 3.27. The van der Waals surface area contributed by atoms with Crippen LogP contribution in [0.15, 0.2) is 46.1 Å². The van der Waals surface area contributed by atoms with Crippen molar-refractivity contribution in [2.24, 2.45) is 16.7 Å². The summed E-state index contributed by atoms with van der Waals surface area (Å²) in [5.74, 6) is 2.52. The maximum Gasteiger partial charge on any atom is 0.163 e. The molecule has 0 N–H and O–H groups in total. The zero-order valence-electron chi connectivity index (χ0n) is 17.6. The van der Waals surface area contributed by atoms with Gasteiger partial charge in [0.1, 0.15) is 11.5 Å². The first-order valence-electron chi connectivity index (χ1n) is 10.2. The molecule has 4 aliphatic rings. The normalized spacial score (nSPS) is 26.9. The fraction of sp³-hybridized carbons (Fsp3) is 0.583. The van der Waals surface area contributed by atoms with Crippen LogP contribution < -0.4 is 0 Å². The van der Waals surface area contributed by atoms with Gasteiger partial charge in [0.05, 0.1) is 12.9 Å². The smallest absolute Gasteiger partial charge is 0.163 e. The van der Waals surface area contributed by atoms with E-state index in [1.165, 1.54) is 0 Å². The topological polar surface area (TPSA) is 52.6 Å². The molecule has 1 aliphatic heterocycles. The highest BCUT2D eigenvalue weighted by atomic mass is 16.5. The number of hydrogen-bond acceptors (Lipinski definition) is 4. The van der Waals surface area contributed by atoms with Crippen LogP contribution in [0.25, 0.3) is 0 Å². The van der Waals surface area contributed by atoms with Crippen molar-refractivity contribution < 1.29 is 19.1 Å². The minimum atomic E-state index is -0.249. The number of hydrogen-bond donors (Lipinski definition) is 0. The Morgan fingerprint density at radius 3 is 1.82 bits per heavy atom. The molecule has 0 aromatic heterocycles. The molecule has 4 nitrogen and oxygen atoms in total. The van der Waals surface area contributed by atoms with Crippen LogP contribution in [-0.4, -0.2) is 18.7 Å². The molecule has 0 aromatic rings. The van der Waals surface area contributed by atoms with Gasteiger partial charge in [-0.05, 0) is 23.3 Å². The Morgan fingerprint density at radius 2 is 1.39 bits per heavy atom. The van der Waals surface area contributed by atoms with Gasteiger partial charge in [-0.3, -0.25) is 9.59 Å². The van der Waals surface area contributed by atoms with Crippen LogP contribution in [0, 0.1) is 16.7 Å². The molecule has 1 heterocycles. The van der Waals surface area contributed by atoms with Crippen molar-refractivity contribution in [3.63, 3.8) is 0 Å². The Morgan fingerprint density at radius 1 is 0.857 bits per heavy atom. The molecule has 28 heavy (non-hydrogen) atoms. The molecule has 0 bridgehead atoms. The molecule has 0 fully saturated rings. The van der Waals surface area contributed by atoms with Gasteiger partial charge >= 0.3 is 0 Å². The van der Waals surface area contributed by atoms with E-state index in [1.54, 1.807) is 7.11 Å². The van der Waals surface area contributed by atoms with E-state index >= 15 is 0 Å². The van der Waals surface area contributed by atoms with Crippen molar-refractivity contribution in [3.05, 3.63) is 46.1 Å². The van der Waals surface area contributed by atoms with Crippen molar-refractivity contribution in [2.75, 3.05) is 7.11 Å². The fourth-order valence-corrected chi connectivity index (χ4v) is 5.09. The first kappa shape index (κ1) is 19.2. The average molecular weight is 383 g/mol. The molecule has 0 atom stereocenters. The van der Waals surface area contributed by atoms with Crippen LogP contribution in [0.1, 0.15) is 66.2 Å². The Balaban J connectivity index is 1.85. The van der Waals surface area contributed by atoms with Crippen molar-refractivity contribution in [3.8, 4) is 0 Å². The van der Waals surface area contributed by atoms with Crippen LogP contribution >= 0.6 is 0 Å². The maximum absolute atomic E-state index is 13.2. The fourth-order valence-electron chi connectivity index (χ4n) is 5.09. The van der Waals surface area contributed by atoms with Gasteiger partial charge in [0, 0.05) is 49.2 Å². The summed E-state index contributed by atoms with van der Waals surface area (Å²) in [6.07, 6.45) is 8.10. The summed E-state index contributed by atoms with van der Waals surface area (Å²) in [4.78, 5) is 26.4. The summed E-state index contributed by atoms with van der Waals surface area (Å²) in [5.41, 5.74) is 2.36. The predicted molar refractivity (Wildman–Crippen MR) is 107 cm³/mol. The number of rotatable bonds is 2. The highest BCUT2D eigenvalue weighted by Crippen LogP contribution is 2.52. The molecule has 0 radical (unpaired) electrons. The molecule has 0 saturated carbocycles. The molecule has 0 saturated heterocycles. The zero-order valence-corrected chi connectivity index (χ0v) is 17.6. The van der Waals surface area contributed by atoms with Gasteiger partial charge < -0.3 is 9.47 Å². The number of carbonyl (C=O) groups excluding carboxylic acids is 2. The zero-order chi connectivity index (χ0) is 20.3. The van der Waals surface area contributed by atoms with E-state index in [2.05, 4.69) is 27.7 Å². The first-order valence-corrected chi connectivity index (χ1v) is 10.2. The van der Waals surface area contributed by atoms with E-state index < -0.39 is 0 Å². The minimum Gasteiger partial charge on any atom is -0.501 e. The molecular weight excluding hydrogens is 352 g/mol. The predicted octanol–water partition coefficient (Wildman–Crippen LogP) is 5.17. The van der Waals surface area contributed by atoms with Gasteiger partial charge in [0.2, 0.25) is 0 Å². The van der Waals surface area contributed by atoms with Crippen LogP contribution in [0.2, 0.25) is 0 Å². The SMILES string of the molecule is COC1=CC=C(C2C3=C(CC(C)(C)CC3=O)OC3=C2C(=O)CC(C)(C)C3)CC1. The second kappa shape index (κ2) is 6.47. The Kier molecular flexibility index (Phi) is 4.44. The summed E-state index contributed by atoms with van der Waals surface area (Å²) in [7, 11) is 1.68. The average Bonchev–Trinajstić information content (AvgIpc) is 2.57. The van der Waals surface area contributed by atoms with E-state index in [4.69, 9.17) is 9.47 Å². The highest BCUT2D eigenvalue weighted by molar-refractivity contribution is 6.05. The molecule has 4 heteroatoms. The number of ketones is 2. The molecule has 0 spiro atoms. The van der Waals surface area contributed by atoms with Crippen molar-refractivity contribution >= 4 is 11.6 Å². The van der Waals surface area contributed by atoms with Crippen molar-refractivity contribution in [2.45, 2.75) is 66.2 Å². The molecule has 0 aromatic carbocycles. The molecule has 150 valence electrons. The standard InChI is InChI=1S/C24H30O4/c1-23(2)10-16(25)21-18(12-23)28-19-13-24(3,4)11-17(26)22(19)20(21)14-6-8-15(27-5)9-7-14/h6,8,20H,7,9-13H2,1-5H3. The van der Waals surface area contributed by atoms with Gasteiger partial charge in [-0.1, -0.05) is 39.3 Å². The number of carbonyl (C=O) groups is 2. The van der Waals surface area contributed by atoms with Gasteiger partial charge in [-0.15, -0.1) is 0 Å². The molecule has 3 aliphatic carbocycles. The lowest BCUT2D eigenvalue weighted by molar-refractivity contribution is -0.120. The molecule has 0 amide bonds. The van der Waals surface area contributed by atoms with E-state index in [0.717, 1.165) is 59.7 Å². The van der Waals surface area contributed by atoms with E-state index in [9.17, 15) is 9.59 Å². The quantitative estimate of drug-likeness (QED) is 0.661. The summed E-state index contributed by atoms with van der Waals surface area (Å²) in [6.45, 7) is 8.45. The highest BCUT2D eigenvalue weighted by Gasteiger charge is 2.48. The van der Waals surface area contributed by atoms with Crippen molar-refractivity contribution in [1.82, 2.24) is 0 Å². The Bertz CT molecular complexity index is 824. The van der Waals surface area contributed by atoms with Crippen molar-refractivity contribution in [1.29, 1.82) is 0 Å². The first-order chi connectivity index (χ1) is 13.1. The van der Waals surface area contributed by atoms with E-state index in [-0.39, 0.29) is 28.3 Å². The number of ether oxygens (including phenoxy) is 2. The summed E-state index contributed by atoms with van der Waals surface area (Å²) >= 11 is 0. The van der Waals surface area contributed by atoms with Crippen LogP contribution in [0.4, 0.5) is 0 Å². The number of allylic oxidation sites excluding steroid dienone is 8. The number of methoxy groups -OCH3 is 1. The Labute approximate surface area is 167 Å². The number of Topliss-reactive ketones (excluding diaryl/α,β-unsaturated/α-hetero) is 2. The lowest BCUT2D eigenvalue weighted by atomic mass is 9.65. The van der Waals surface area contributed by atoms with Crippen LogP contribution in [0.5, 0.6) is 0 Å². The van der Waals surface area contributed by atoms with Crippen LogP contribution in [-0.2, 0) is 19.1 Å².